The SMILES string of the molecule is COc1ccc(C2OC[C@H](C)[C@H]([C@@H](C)CO[Si](C)(C)C(C)(C)C)O2)cc1. The molecule has 1 saturated heterocycles. The van der Waals surface area contributed by atoms with Crippen LogP contribution in [-0.4, -0.2) is 34.7 Å². The van der Waals surface area contributed by atoms with Gasteiger partial charge in [-0.15, -0.1) is 0 Å². The van der Waals surface area contributed by atoms with Gasteiger partial charge in [0.2, 0.25) is 0 Å². The molecule has 0 aromatic heterocycles. The first kappa shape index (κ1) is 21.4. The highest BCUT2D eigenvalue weighted by Gasteiger charge is 2.39. The van der Waals surface area contributed by atoms with Crippen LogP contribution in [0.3, 0.4) is 0 Å². The first-order valence-electron chi connectivity index (χ1n) is 9.60. The zero-order valence-electron chi connectivity index (χ0n) is 17.7. The van der Waals surface area contributed by atoms with Crippen molar-refractivity contribution in [2.45, 2.75) is 65.1 Å². The third-order valence-electron chi connectivity index (χ3n) is 5.81. The van der Waals surface area contributed by atoms with Gasteiger partial charge in [0.15, 0.2) is 14.6 Å². The summed E-state index contributed by atoms with van der Waals surface area (Å²) in [7, 11) is -0.0744. The van der Waals surface area contributed by atoms with Crippen LogP contribution in [0.2, 0.25) is 18.1 Å². The van der Waals surface area contributed by atoms with Crippen molar-refractivity contribution in [1.29, 1.82) is 0 Å². The number of benzene rings is 1. The largest absolute Gasteiger partial charge is 0.497 e. The predicted octanol–water partition coefficient (Wildman–Crippen LogP) is 5.40. The number of rotatable bonds is 6. The molecule has 4 nitrogen and oxygen atoms in total. The van der Waals surface area contributed by atoms with Gasteiger partial charge in [-0.25, -0.2) is 0 Å². The standard InChI is InChI=1S/C21H36O4Si/c1-15-13-23-20(17-9-11-18(22-6)12-10-17)25-19(15)16(2)14-24-26(7,8)21(3,4)5/h9-12,15-16,19-20H,13-14H2,1-8H3/t15-,16-,19+,20?/m0/s1. The molecule has 0 amide bonds. The van der Waals surface area contributed by atoms with Crippen molar-refractivity contribution in [2.24, 2.45) is 11.8 Å². The Morgan fingerprint density at radius 1 is 1.19 bits per heavy atom. The molecule has 1 aromatic carbocycles. The van der Waals surface area contributed by atoms with E-state index >= 15 is 0 Å². The summed E-state index contributed by atoms with van der Waals surface area (Å²) in [6.07, 6.45) is -0.196. The van der Waals surface area contributed by atoms with Gasteiger partial charge in [0.05, 0.1) is 19.8 Å². The highest BCUT2D eigenvalue weighted by molar-refractivity contribution is 6.74. The average Bonchev–Trinajstić information content (AvgIpc) is 2.59. The van der Waals surface area contributed by atoms with E-state index in [0.29, 0.717) is 18.4 Å². The van der Waals surface area contributed by atoms with E-state index in [1.54, 1.807) is 7.11 Å². The lowest BCUT2D eigenvalue weighted by Crippen LogP contribution is -2.45. The molecular formula is C21H36O4Si. The minimum atomic E-state index is -1.75. The van der Waals surface area contributed by atoms with E-state index < -0.39 is 8.32 Å². The Labute approximate surface area is 160 Å². The Hall–Kier alpha value is -0.883. The molecule has 0 N–H and O–H groups in total. The van der Waals surface area contributed by atoms with Crippen LogP contribution in [0.15, 0.2) is 24.3 Å². The summed E-state index contributed by atoms with van der Waals surface area (Å²) in [5.41, 5.74) is 1.03. The van der Waals surface area contributed by atoms with E-state index in [2.05, 4.69) is 47.7 Å². The Balaban J connectivity index is 2.00. The summed E-state index contributed by atoms with van der Waals surface area (Å²) in [6, 6.07) is 7.90. The molecule has 1 fully saturated rings. The molecule has 0 spiro atoms. The summed E-state index contributed by atoms with van der Waals surface area (Å²) in [4.78, 5) is 0. The van der Waals surface area contributed by atoms with E-state index in [-0.39, 0.29) is 17.4 Å². The molecule has 0 aliphatic carbocycles. The predicted molar refractivity (Wildman–Crippen MR) is 108 cm³/mol. The van der Waals surface area contributed by atoms with E-state index in [1.165, 1.54) is 0 Å². The van der Waals surface area contributed by atoms with Gasteiger partial charge in [-0.1, -0.05) is 46.8 Å². The topological polar surface area (TPSA) is 36.9 Å². The Morgan fingerprint density at radius 3 is 2.35 bits per heavy atom. The molecule has 26 heavy (non-hydrogen) atoms. The van der Waals surface area contributed by atoms with Gasteiger partial charge in [-0.2, -0.15) is 0 Å². The molecule has 1 unspecified atom stereocenters. The fourth-order valence-corrected chi connectivity index (χ4v) is 4.04. The highest BCUT2D eigenvalue weighted by atomic mass is 28.4. The monoisotopic (exact) mass is 380 g/mol. The van der Waals surface area contributed by atoms with Crippen molar-refractivity contribution < 1.29 is 18.6 Å². The first-order valence-corrected chi connectivity index (χ1v) is 12.5. The molecule has 0 bridgehead atoms. The van der Waals surface area contributed by atoms with Gasteiger partial charge < -0.3 is 18.6 Å². The zero-order chi connectivity index (χ0) is 19.5. The molecule has 4 atom stereocenters. The first-order chi connectivity index (χ1) is 12.0. The third kappa shape index (κ3) is 5.09. The lowest BCUT2D eigenvalue weighted by molar-refractivity contribution is -0.251. The van der Waals surface area contributed by atoms with Gasteiger partial charge in [0, 0.05) is 24.0 Å². The van der Waals surface area contributed by atoms with Gasteiger partial charge in [0.25, 0.3) is 0 Å². The second kappa shape index (κ2) is 8.42. The van der Waals surface area contributed by atoms with Crippen molar-refractivity contribution in [3.63, 3.8) is 0 Å². The molecule has 0 saturated carbocycles. The average molecular weight is 381 g/mol. The quantitative estimate of drug-likeness (QED) is 0.619. The van der Waals surface area contributed by atoms with Crippen molar-refractivity contribution in [2.75, 3.05) is 20.3 Å². The van der Waals surface area contributed by atoms with Crippen molar-refractivity contribution in [3.8, 4) is 5.75 Å². The van der Waals surface area contributed by atoms with Crippen molar-refractivity contribution in [3.05, 3.63) is 29.8 Å². The van der Waals surface area contributed by atoms with Crippen LogP contribution in [0.1, 0.15) is 46.5 Å². The minimum Gasteiger partial charge on any atom is -0.497 e. The summed E-state index contributed by atoms with van der Waals surface area (Å²) < 4.78 is 23.9. The molecule has 1 aliphatic heterocycles. The van der Waals surface area contributed by atoms with E-state index in [0.717, 1.165) is 17.9 Å². The van der Waals surface area contributed by atoms with Crippen LogP contribution in [0.25, 0.3) is 0 Å². The van der Waals surface area contributed by atoms with Crippen molar-refractivity contribution in [1.82, 2.24) is 0 Å². The lowest BCUT2D eigenvalue weighted by Gasteiger charge is -2.41. The maximum atomic E-state index is 6.43. The summed E-state index contributed by atoms with van der Waals surface area (Å²) in [5, 5.41) is 0.223. The number of methoxy groups -OCH3 is 1. The fourth-order valence-electron chi connectivity index (χ4n) is 2.93. The maximum Gasteiger partial charge on any atom is 0.191 e. The molecule has 148 valence electrons. The summed E-state index contributed by atoms with van der Waals surface area (Å²) in [5.74, 6) is 1.51. The van der Waals surface area contributed by atoms with Crippen LogP contribution < -0.4 is 4.74 Å². The van der Waals surface area contributed by atoms with E-state index in [1.807, 2.05) is 24.3 Å². The smallest absolute Gasteiger partial charge is 0.191 e. The minimum absolute atomic E-state index is 0.126. The van der Waals surface area contributed by atoms with Crippen LogP contribution in [0.5, 0.6) is 5.75 Å². The number of ether oxygens (including phenoxy) is 3. The fraction of sp³-hybridized carbons (Fsp3) is 0.714. The second-order valence-electron chi connectivity index (χ2n) is 9.07. The molecule has 1 aromatic rings. The van der Waals surface area contributed by atoms with Crippen molar-refractivity contribution >= 4 is 8.32 Å². The summed E-state index contributed by atoms with van der Waals surface area (Å²) in [6.45, 7) is 17.3. The molecule has 0 radical (unpaired) electrons. The number of hydrogen-bond acceptors (Lipinski definition) is 4. The molecule has 1 heterocycles. The van der Waals surface area contributed by atoms with Crippen LogP contribution in [0.4, 0.5) is 0 Å². The van der Waals surface area contributed by atoms with Crippen LogP contribution >= 0.6 is 0 Å². The van der Waals surface area contributed by atoms with E-state index in [9.17, 15) is 0 Å². The van der Waals surface area contributed by atoms with Gasteiger partial charge in [0.1, 0.15) is 5.75 Å². The van der Waals surface area contributed by atoms with Gasteiger partial charge >= 0.3 is 0 Å². The maximum absolute atomic E-state index is 6.43. The zero-order valence-corrected chi connectivity index (χ0v) is 18.7. The third-order valence-corrected chi connectivity index (χ3v) is 10.3. The summed E-state index contributed by atoms with van der Waals surface area (Å²) >= 11 is 0. The molecule has 5 heteroatoms. The Kier molecular flexibility index (Phi) is 6.94. The second-order valence-corrected chi connectivity index (χ2v) is 13.9. The Bertz CT molecular complexity index is 564. The van der Waals surface area contributed by atoms with Crippen LogP contribution in [-0.2, 0) is 13.9 Å². The lowest BCUT2D eigenvalue weighted by atomic mass is 9.93. The highest BCUT2D eigenvalue weighted by Crippen LogP contribution is 2.38. The molecule has 2 rings (SSSR count). The Morgan fingerprint density at radius 2 is 1.81 bits per heavy atom. The molecular weight excluding hydrogens is 344 g/mol. The number of hydrogen-bond donors (Lipinski definition) is 0. The van der Waals surface area contributed by atoms with Crippen LogP contribution in [0, 0.1) is 11.8 Å². The normalized spacial score (nSPS) is 25.8. The molecule has 1 aliphatic rings. The van der Waals surface area contributed by atoms with Gasteiger partial charge in [-0.05, 0) is 30.3 Å². The van der Waals surface area contributed by atoms with E-state index in [4.69, 9.17) is 18.6 Å². The van der Waals surface area contributed by atoms with Gasteiger partial charge in [-0.3, -0.25) is 0 Å².